The van der Waals surface area contributed by atoms with Crippen LogP contribution in [0.4, 0.5) is 0 Å². The average Bonchev–Trinajstić information content (AvgIpc) is 3.54. The molecule has 35 heavy (non-hydrogen) atoms. The molecule has 0 amide bonds. The third kappa shape index (κ3) is 4.86. The second-order valence-corrected chi connectivity index (χ2v) is 8.18. The topological polar surface area (TPSA) is 94.3 Å². The van der Waals surface area contributed by atoms with E-state index >= 15 is 0 Å². The zero-order valence-corrected chi connectivity index (χ0v) is 19.4. The molecule has 0 aliphatic rings. The van der Waals surface area contributed by atoms with Crippen molar-refractivity contribution in [1.82, 2.24) is 35.0 Å². The van der Waals surface area contributed by atoms with Crippen molar-refractivity contribution < 1.29 is 0 Å². The van der Waals surface area contributed by atoms with Crippen molar-refractivity contribution in [2.45, 2.75) is 26.4 Å². The third-order valence-corrected chi connectivity index (χ3v) is 5.83. The van der Waals surface area contributed by atoms with Gasteiger partial charge in [0, 0.05) is 12.0 Å². The summed E-state index contributed by atoms with van der Waals surface area (Å²) in [7, 11) is 0. The maximum Gasteiger partial charge on any atom is 0.346 e. The maximum atomic E-state index is 13.2. The van der Waals surface area contributed by atoms with E-state index in [9.17, 15) is 4.79 Å². The van der Waals surface area contributed by atoms with Gasteiger partial charge in [0.1, 0.15) is 5.82 Å². The van der Waals surface area contributed by atoms with Gasteiger partial charge in [-0.15, -0.1) is 10.2 Å². The third-order valence-electron chi connectivity index (χ3n) is 5.83. The minimum atomic E-state index is -0.111. The van der Waals surface area contributed by atoms with Gasteiger partial charge < -0.3 is 0 Å². The molecule has 0 radical (unpaired) electrons. The van der Waals surface area contributed by atoms with E-state index in [-0.39, 0.29) is 5.69 Å². The van der Waals surface area contributed by atoms with Gasteiger partial charge in [0.25, 0.3) is 0 Å². The van der Waals surface area contributed by atoms with Crippen molar-refractivity contribution in [3.05, 3.63) is 118 Å². The van der Waals surface area contributed by atoms with Crippen molar-refractivity contribution in [3.63, 3.8) is 0 Å². The number of aromatic nitrogens is 7. The first-order chi connectivity index (χ1) is 17.2. The Morgan fingerprint density at radius 3 is 2.29 bits per heavy atom. The van der Waals surface area contributed by atoms with Crippen LogP contribution < -0.4 is 5.69 Å². The van der Waals surface area contributed by atoms with Crippen LogP contribution in [-0.2, 0) is 19.5 Å². The molecule has 0 saturated carbocycles. The van der Waals surface area contributed by atoms with Gasteiger partial charge >= 0.3 is 5.69 Å². The fourth-order valence-electron chi connectivity index (χ4n) is 4.06. The molecule has 8 heteroatoms. The molecule has 8 nitrogen and oxygen atoms in total. The first kappa shape index (κ1) is 22.2. The van der Waals surface area contributed by atoms with Crippen molar-refractivity contribution in [1.29, 1.82) is 0 Å². The predicted molar refractivity (Wildman–Crippen MR) is 135 cm³/mol. The van der Waals surface area contributed by atoms with Crippen LogP contribution in [0.2, 0.25) is 0 Å². The molecule has 0 spiro atoms. The van der Waals surface area contributed by atoms with Crippen molar-refractivity contribution in [2.75, 3.05) is 0 Å². The van der Waals surface area contributed by atoms with E-state index in [4.69, 9.17) is 0 Å². The van der Waals surface area contributed by atoms with Gasteiger partial charge in [-0.1, -0.05) is 91.0 Å². The van der Waals surface area contributed by atoms with Crippen LogP contribution in [0, 0.1) is 0 Å². The normalized spacial score (nSPS) is 11.3. The fourth-order valence-corrected chi connectivity index (χ4v) is 4.06. The van der Waals surface area contributed by atoms with Gasteiger partial charge in [-0.2, -0.15) is 10.3 Å². The molecule has 0 bridgehead atoms. The highest BCUT2D eigenvalue weighted by atomic mass is 16.2. The maximum absolute atomic E-state index is 13.2. The Balaban J connectivity index is 1.43. The largest absolute Gasteiger partial charge is 0.346 e. The first-order valence-corrected chi connectivity index (χ1v) is 11.5. The Bertz CT molecular complexity index is 1480. The number of nitrogens with one attached hydrogen (secondary N) is 1. The SMILES string of the molecule is C/C=C/Cc1nn(Cc2ccccc2)c(=O)n1Cc1ccc(-c2ccccc2-c2nn[nH]n2)cc1. The molecule has 1 N–H and O–H groups in total. The lowest BCUT2D eigenvalue weighted by Gasteiger charge is -2.09. The van der Waals surface area contributed by atoms with E-state index in [1.807, 2.05) is 85.8 Å². The van der Waals surface area contributed by atoms with Crippen LogP contribution >= 0.6 is 0 Å². The van der Waals surface area contributed by atoms with Gasteiger partial charge in [-0.3, -0.25) is 4.57 Å². The van der Waals surface area contributed by atoms with Gasteiger partial charge in [-0.05, 0) is 34.4 Å². The summed E-state index contributed by atoms with van der Waals surface area (Å²) in [5.74, 6) is 1.30. The highest BCUT2D eigenvalue weighted by Crippen LogP contribution is 2.29. The molecule has 5 aromatic rings. The van der Waals surface area contributed by atoms with Crippen molar-refractivity contribution in [3.8, 4) is 22.5 Å². The zero-order valence-electron chi connectivity index (χ0n) is 19.4. The smallest absolute Gasteiger partial charge is 0.274 e. The number of nitrogens with zero attached hydrogens (tertiary/aromatic N) is 6. The Hall–Kier alpha value is -4.59. The number of benzene rings is 3. The molecule has 0 aliphatic heterocycles. The van der Waals surface area contributed by atoms with Crippen LogP contribution in [-0.4, -0.2) is 35.0 Å². The minimum absolute atomic E-state index is 0.111. The molecular formula is C27H25N7O. The lowest BCUT2D eigenvalue weighted by molar-refractivity contribution is 0.637. The zero-order chi connectivity index (χ0) is 24.0. The van der Waals surface area contributed by atoms with Gasteiger partial charge in [0.05, 0.1) is 13.1 Å². The van der Waals surface area contributed by atoms with Crippen LogP contribution in [0.15, 0.2) is 95.8 Å². The number of H-pyrrole nitrogens is 1. The molecule has 0 atom stereocenters. The summed E-state index contributed by atoms with van der Waals surface area (Å²) in [4.78, 5) is 13.2. The van der Waals surface area contributed by atoms with E-state index in [0.29, 0.717) is 25.3 Å². The van der Waals surface area contributed by atoms with E-state index in [2.05, 4.69) is 37.9 Å². The Morgan fingerprint density at radius 2 is 1.57 bits per heavy atom. The minimum Gasteiger partial charge on any atom is -0.274 e. The highest BCUT2D eigenvalue weighted by molar-refractivity contribution is 5.80. The molecule has 2 aromatic heterocycles. The Kier molecular flexibility index (Phi) is 6.43. The van der Waals surface area contributed by atoms with E-state index in [1.165, 1.54) is 0 Å². The Morgan fingerprint density at radius 1 is 0.857 bits per heavy atom. The molecule has 2 heterocycles. The molecular weight excluding hydrogens is 438 g/mol. The summed E-state index contributed by atoms with van der Waals surface area (Å²) >= 11 is 0. The van der Waals surface area contributed by atoms with Crippen LogP contribution in [0.3, 0.4) is 0 Å². The van der Waals surface area contributed by atoms with Crippen LogP contribution in [0.25, 0.3) is 22.5 Å². The molecule has 0 unspecified atom stereocenters. The number of tetrazole rings is 1. The van der Waals surface area contributed by atoms with E-state index in [0.717, 1.165) is 33.6 Å². The number of aromatic amines is 1. The monoisotopic (exact) mass is 463 g/mol. The average molecular weight is 464 g/mol. The number of hydrogen-bond donors (Lipinski definition) is 1. The Labute approximate surface area is 202 Å². The fraction of sp³-hybridized carbons (Fsp3) is 0.148. The summed E-state index contributed by atoms with van der Waals surface area (Å²) in [6.07, 6.45) is 4.59. The molecule has 3 aromatic carbocycles. The predicted octanol–water partition coefficient (Wildman–Crippen LogP) is 4.11. The van der Waals surface area contributed by atoms with Crippen LogP contribution in [0.5, 0.6) is 0 Å². The lowest BCUT2D eigenvalue weighted by atomic mass is 9.98. The summed E-state index contributed by atoms with van der Waals surface area (Å²) in [6.45, 7) is 2.86. The molecule has 5 rings (SSSR count). The standard InChI is InChI=1S/C27H25N7O/c1-2-3-13-25-30-34(19-20-9-5-4-6-10-20)27(35)33(25)18-21-14-16-22(17-15-21)23-11-7-8-12-24(23)26-28-31-32-29-26/h2-12,14-17H,13,18-19H2,1H3,(H,28,29,31,32)/b3-2+. The molecule has 0 aliphatic carbocycles. The van der Waals surface area contributed by atoms with E-state index < -0.39 is 0 Å². The van der Waals surface area contributed by atoms with Gasteiger partial charge in [-0.25, -0.2) is 9.48 Å². The van der Waals surface area contributed by atoms with Gasteiger partial charge in [0.15, 0.2) is 0 Å². The lowest BCUT2D eigenvalue weighted by Crippen LogP contribution is -2.26. The number of hydrogen-bond acceptors (Lipinski definition) is 5. The summed E-state index contributed by atoms with van der Waals surface area (Å²) in [5.41, 5.74) is 4.91. The summed E-state index contributed by atoms with van der Waals surface area (Å²) < 4.78 is 3.30. The first-order valence-electron chi connectivity index (χ1n) is 11.5. The van der Waals surface area contributed by atoms with Crippen molar-refractivity contribution in [2.24, 2.45) is 0 Å². The molecule has 0 saturated heterocycles. The number of allylic oxidation sites excluding steroid dienone is 2. The quantitative estimate of drug-likeness (QED) is 0.350. The molecule has 0 fully saturated rings. The number of rotatable bonds is 8. The highest BCUT2D eigenvalue weighted by Gasteiger charge is 2.14. The van der Waals surface area contributed by atoms with Crippen molar-refractivity contribution >= 4 is 0 Å². The summed E-state index contributed by atoms with van der Waals surface area (Å²) in [5, 5.41) is 19.1. The van der Waals surface area contributed by atoms with E-state index in [1.54, 1.807) is 9.25 Å². The van der Waals surface area contributed by atoms with Gasteiger partial charge in [0.2, 0.25) is 5.82 Å². The second kappa shape index (κ2) is 10.1. The summed E-state index contributed by atoms with van der Waals surface area (Å²) in [6, 6.07) is 26.1. The molecule has 174 valence electrons. The second-order valence-electron chi connectivity index (χ2n) is 8.18. The van der Waals surface area contributed by atoms with Crippen LogP contribution in [0.1, 0.15) is 23.9 Å².